The molecule has 2 aliphatic heterocycles. The van der Waals surface area contributed by atoms with E-state index in [2.05, 4.69) is 20.9 Å². The molecule has 190 valence electrons. The second-order valence-corrected chi connectivity index (χ2v) is 8.91. The molecule has 6 rings (SSSR count). The molecular formula is C25H18F4N4O4. The first kappa shape index (κ1) is 23.1. The summed E-state index contributed by atoms with van der Waals surface area (Å²) in [6.45, 7) is 0. The number of aromatic nitrogens is 1. The third-order valence-electron chi connectivity index (χ3n) is 6.50. The van der Waals surface area contributed by atoms with E-state index in [0.717, 1.165) is 17.2 Å². The number of amides is 3. The molecule has 3 atom stereocenters. The third kappa shape index (κ3) is 4.28. The smallest absolute Gasteiger partial charge is 0.416 e. The Hall–Kier alpha value is -4.35. The van der Waals surface area contributed by atoms with Crippen LogP contribution in [0.5, 0.6) is 17.2 Å². The van der Waals surface area contributed by atoms with Crippen molar-refractivity contribution in [2.24, 2.45) is 0 Å². The molecule has 3 N–H and O–H groups in total. The van der Waals surface area contributed by atoms with Gasteiger partial charge >= 0.3 is 12.2 Å². The first-order chi connectivity index (χ1) is 17.7. The summed E-state index contributed by atoms with van der Waals surface area (Å²) < 4.78 is 64.2. The number of benzene rings is 2. The Morgan fingerprint density at radius 3 is 2.76 bits per heavy atom. The van der Waals surface area contributed by atoms with Gasteiger partial charge in [0, 0.05) is 23.7 Å². The molecule has 2 aromatic carbocycles. The van der Waals surface area contributed by atoms with Crippen molar-refractivity contribution in [1.29, 1.82) is 0 Å². The summed E-state index contributed by atoms with van der Waals surface area (Å²) in [5, 5.41) is 7.65. The molecule has 3 heterocycles. The van der Waals surface area contributed by atoms with Crippen LogP contribution in [-0.2, 0) is 17.4 Å². The largest absolute Gasteiger partial charge is 0.487 e. The lowest BCUT2D eigenvalue weighted by atomic mass is 10.1. The molecule has 0 saturated heterocycles. The monoisotopic (exact) mass is 514 g/mol. The zero-order chi connectivity index (χ0) is 25.9. The zero-order valence-electron chi connectivity index (χ0n) is 18.9. The summed E-state index contributed by atoms with van der Waals surface area (Å²) in [6, 6.07) is 7.77. The first-order valence-corrected chi connectivity index (χ1v) is 11.4. The number of anilines is 2. The molecule has 3 aromatic rings. The number of ether oxygens (including phenoxy) is 2. The van der Waals surface area contributed by atoms with Crippen LogP contribution in [0.3, 0.4) is 0 Å². The van der Waals surface area contributed by atoms with Crippen LogP contribution in [-0.4, -0.2) is 29.1 Å². The predicted octanol–water partition coefficient (Wildman–Crippen LogP) is 4.97. The number of hydrogen-bond donors (Lipinski definition) is 3. The molecule has 3 amide bonds. The SMILES string of the molecule is O=C1CCc2c(Oc3ccc4c(c3)[C@H]3[C@H](NC(=O)Nc5ccc(C(F)(F)F)cc5F)[C@H]3O4)ccnc2N1. The van der Waals surface area contributed by atoms with Gasteiger partial charge in [0.25, 0.3) is 0 Å². The molecule has 3 aliphatic rings. The van der Waals surface area contributed by atoms with Crippen LogP contribution in [0.4, 0.5) is 33.9 Å². The van der Waals surface area contributed by atoms with Crippen molar-refractivity contribution in [2.75, 3.05) is 10.6 Å². The fraction of sp³-hybridized carbons (Fsp3) is 0.240. The second kappa shape index (κ2) is 8.36. The molecule has 0 bridgehead atoms. The predicted molar refractivity (Wildman–Crippen MR) is 122 cm³/mol. The van der Waals surface area contributed by atoms with Gasteiger partial charge in [0.15, 0.2) is 0 Å². The van der Waals surface area contributed by atoms with Crippen molar-refractivity contribution in [1.82, 2.24) is 10.3 Å². The number of fused-ring (bicyclic) bond motifs is 4. The van der Waals surface area contributed by atoms with Crippen molar-refractivity contribution in [2.45, 2.75) is 37.1 Å². The van der Waals surface area contributed by atoms with E-state index in [9.17, 15) is 27.2 Å². The van der Waals surface area contributed by atoms with Crippen LogP contribution in [0.15, 0.2) is 48.7 Å². The number of rotatable bonds is 4. The minimum absolute atomic E-state index is 0.102. The van der Waals surface area contributed by atoms with E-state index in [0.29, 0.717) is 48.0 Å². The highest BCUT2D eigenvalue weighted by atomic mass is 19.4. The summed E-state index contributed by atoms with van der Waals surface area (Å²) in [5.74, 6) is 0.780. The Morgan fingerprint density at radius 2 is 1.97 bits per heavy atom. The van der Waals surface area contributed by atoms with E-state index in [4.69, 9.17) is 9.47 Å². The van der Waals surface area contributed by atoms with Gasteiger partial charge in [-0.3, -0.25) is 4.79 Å². The minimum atomic E-state index is -4.69. The van der Waals surface area contributed by atoms with Crippen molar-refractivity contribution in [3.05, 3.63) is 71.2 Å². The fourth-order valence-corrected chi connectivity index (χ4v) is 4.66. The molecule has 8 nitrogen and oxygen atoms in total. The molecule has 1 saturated carbocycles. The number of nitrogens with one attached hydrogen (secondary N) is 3. The van der Waals surface area contributed by atoms with Gasteiger partial charge in [-0.05, 0) is 48.9 Å². The Morgan fingerprint density at radius 1 is 1.14 bits per heavy atom. The maximum absolute atomic E-state index is 14.1. The van der Waals surface area contributed by atoms with E-state index >= 15 is 0 Å². The maximum atomic E-state index is 14.1. The van der Waals surface area contributed by atoms with Crippen LogP contribution in [0.2, 0.25) is 0 Å². The standard InChI is InChI=1S/C25H18F4N4O4/c26-15-9-11(25(27,28)29)1-4-16(15)31-24(35)33-21-20-14-10-12(2-5-17(14)37-22(20)21)36-18-7-8-30-23-13(18)3-6-19(34)32-23/h1-2,4-5,7-10,20-22H,3,6H2,(H,30,32,34)(H2,31,33,35)/t20-,21-,22-/m0/s1. The third-order valence-corrected chi connectivity index (χ3v) is 6.50. The highest BCUT2D eigenvalue weighted by Crippen LogP contribution is 2.54. The summed E-state index contributed by atoms with van der Waals surface area (Å²) in [5.41, 5.74) is 0.109. The van der Waals surface area contributed by atoms with Gasteiger partial charge in [-0.15, -0.1) is 0 Å². The van der Waals surface area contributed by atoms with Crippen LogP contribution < -0.4 is 25.4 Å². The molecule has 37 heavy (non-hydrogen) atoms. The lowest BCUT2D eigenvalue weighted by molar-refractivity contribution is -0.137. The Kier molecular flexibility index (Phi) is 5.21. The maximum Gasteiger partial charge on any atom is 0.416 e. The van der Waals surface area contributed by atoms with Gasteiger partial charge < -0.3 is 25.4 Å². The number of carbonyl (C=O) groups excluding carboxylic acids is 2. The van der Waals surface area contributed by atoms with E-state index in [1.54, 1.807) is 24.4 Å². The summed E-state index contributed by atoms with van der Waals surface area (Å²) in [4.78, 5) is 28.2. The van der Waals surface area contributed by atoms with E-state index < -0.39 is 29.6 Å². The van der Waals surface area contributed by atoms with Crippen LogP contribution in [0.1, 0.15) is 29.0 Å². The Balaban J connectivity index is 1.12. The summed E-state index contributed by atoms with van der Waals surface area (Å²) in [7, 11) is 0. The second-order valence-electron chi connectivity index (χ2n) is 8.91. The average molecular weight is 514 g/mol. The molecule has 0 radical (unpaired) electrons. The number of nitrogens with zero attached hydrogens (tertiary/aromatic N) is 1. The number of halogens is 4. The molecule has 1 fully saturated rings. The number of pyridine rings is 1. The van der Waals surface area contributed by atoms with Gasteiger partial charge in [0.2, 0.25) is 5.91 Å². The van der Waals surface area contributed by atoms with Gasteiger partial charge in [0.05, 0.1) is 23.2 Å². The summed E-state index contributed by atoms with van der Waals surface area (Å²) >= 11 is 0. The Labute approximate surface area is 207 Å². The van der Waals surface area contributed by atoms with Crippen molar-refractivity contribution in [3.8, 4) is 17.2 Å². The van der Waals surface area contributed by atoms with Gasteiger partial charge in [0.1, 0.15) is 35.0 Å². The molecular weight excluding hydrogens is 496 g/mol. The number of alkyl halides is 3. The van der Waals surface area contributed by atoms with Crippen LogP contribution in [0.25, 0.3) is 0 Å². The number of urea groups is 1. The quantitative estimate of drug-likeness (QED) is 0.427. The number of carbonyl (C=O) groups is 2. The van der Waals surface area contributed by atoms with Gasteiger partial charge in [-0.25, -0.2) is 14.2 Å². The highest BCUT2D eigenvalue weighted by Gasteiger charge is 2.59. The normalized spacial score (nSPS) is 21.1. The average Bonchev–Trinajstić information content (AvgIpc) is 3.35. The van der Waals surface area contributed by atoms with Crippen molar-refractivity contribution in [3.63, 3.8) is 0 Å². The van der Waals surface area contributed by atoms with Crippen molar-refractivity contribution >= 4 is 23.4 Å². The fourth-order valence-electron chi connectivity index (χ4n) is 4.66. The number of hydrogen-bond acceptors (Lipinski definition) is 5. The highest BCUT2D eigenvalue weighted by molar-refractivity contribution is 5.93. The van der Waals surface area contributed by atoms with Gasteiger partial charge in [-0.2, -0.15) is 13.2 Å². The van der Waals surface area contributed by atoms with E-state index in [1.807, 2.05) is 6.07 Å². The zero-order valence-corrected chi connectivity index (χ0v) is 18.9. The topological polar surface area (TPSA) is 102 Å². The van der Waals surface area contributed by atoms with Crippen LogP contribution >= 0.6 is 0 Å². The molecule has 1 aromatic heterocycles. The van der Waals surface area contributed by atoms with E-state index in [1.165, 1.54) is 0 Å². The van der Waals surface area contributed by atoms with Gasteiger partial charge in [-0.1, -0.05) is 0 Å². The summed E-state index contributed by atoms with van der Waals surface area (Å²) in [6.07, 6.45) is -2.62. The van der Waals surface area contributed by atoms with Crippen LogP contribution in [0, 0.1) is 5.82 Å². The first-order valence-electron chi connectivity index (χ1n) is 11.4. The lowest BCUT2D eigenvalue weighted by Crippen LogP contribution is -2.34. The minimum Gasteiger partial charge on any atom is -0.487 e. The molecule has 0 unspecified atom stereocenters. The molecule has 0 spiro atoms. The molecule has 12 heteroatoms. The van der Waals surface area contributed by atoms with E-state index in [-0.39, 0.29) is 23.6 Å². The van der Waals surface area contributed by atoms with Crippen molar-refractivity contribution < 1.29 is 36.6 Å². The molecule has 1 aliphatic carbocycles. The Bertz CT molecular complexity index is 1440. The lowest BCUT2D eigenvalue weighted by Gasteiger charge is -2.19.